The van der Waals surface area contributed by atoms with E-state index in [4.69, 9.17) is 5.73 Å². The molecule has 0 bridgehead atoms. The molecule has 0 aromatic carbocycles. The van der Waals surface area contributed by atoms with Gasteiger partial charge >= 0.3 is 0 Å². The highest BCUT2D eigenvalue weighted by atomic mass is 79.9. The minimum absolute atomic E-state index is 0.173. The quantitative estimate of drug-likeness (QED) is 0.601. The molecule has 1 heterocycles. The lowest BCUT2D eigenvalue weighted by Crippen LogP contribution is -1.95. The van der Waals surface area contributed by atoms with Gasteiger partial charge in [-0.2, -0.15) is 15.0 Å². The van der Waals surface area contributed by atoms with Crippen LogP contribution in [-0.4, -0.2) is 15.0 Å². The second-order valence-corrected chi connectivity index (χ2v) is 1.77. The van der Waals surface area contributed by atoms with Crippen molar-refractivity contribution in [1.82, 2.24) is 15.0 Å². The Hall–Kier alpha value is -0.710. The lowest BCUT2D eigenvalue weighted by molar-refractivity contribution is 1.01. The van der Waals surface area contributed by atoms with Crippen LogP contribution in [-0.2, 0) is 0 Å². The van der Waals surface area contributed by atoms with Crippen LogP contribution in [0.2, 0.25) is 0 Å². The van der Waals surface area contributed by atoms with Crippen molar-refractivity contribution in [2.45, 2.75) is 0 Å². The summed E-state index contributed by atoms with van der Waals surface area (Å²) >= 11 is 2.99. The van der Waals surface area contributed by atoms with E-state index in [1.807, 2.05) is 0 Å². The van der Waals surface area contributed by atoms with Gasteiger partial charge in [0.25, 0.3) is 0 Å². The fourth-order valence-electron chi connectivity index (χ4n) is 0.262. The van der Waals surface area contributed by atoms with Gasteiger partial charge < -0.3 is 5.73 Å². The van der Waals surface area contributed by atoms with Crippen LogP contribution in [0.1, 0.15) is 0 Å². The Bertz CT molecular complexity index is 171. The number of hydrogen-bond donors (Lipinski definition) is 1. The molecular weight excluding hydrogens is 172 g/mol. The Balaban J connectivity index is 3.08. The maximum absolute atomic E-state index is 5.14. The van der Waals surface area contributed by atoms with Gasteiger partial charge in [0.2, 0.25) is 17.0 Å². The number of nitrogens with zero attached hydrogens (tertiary/aromatic N) is 3. The van der Waals surface area contributed by atoms with Gasteiger partial charge in [-0.3, -0.25) is 0 Å². The molecule has 0 aliphatic rings. The van der Waals surface area contributed by atoms with Crippen LogP contribution in [0.3, 0.4) is 0 Å². The fourth-order valence-corrected chi connectivity index (χ4v) is 0.523. The third-order valence-electron chi connectivity index (χ3n) is 0.514. The third kappa shape index (κ3) is 1.13. The monoisotopic (exact) mass is 173 g/mol. The van der Waals surface area contributed by atoms with Gasteiger partial charge in [0.05, 0.1) is 0 Å². The Morgan fingerprint density at radius 2 is 2.25 bits per heavy atom. The van der Waals surface area contributed by atoms with Crippen LogP contribution in [0.4, 0.5) is 5.95 Å². The number of hydrogen-bond acceptors (Lipinski definition) is 4. The molecule has 0 spiro atoms. The van der Waals surface area contributed by atoms with E-state index < -0.39 is 0 Å². The Morgan fingerprint density at radius 1 is 1.50 bits per heavy atom. The summed E-state index contributed by atoms with van der Waals surface area (Å²) in [6, 6.07) is 0. The van der Waals surface area contributed by atoms with E-state index in [0.29, 0.717) is 4.73 Å². The summed E-state index contributed by atoms with van der Waals surface area (Å²) in [4.78, 5) is 10.6. The van der Waals surface area contributed by atoms with E-state index in [1.54, 1.807) is 0 Å². The predicted molar refractivity (Wildman–Crippen MR) is 30.8 cm³/mol. The average molecular weight is 174 g/mol. The fraction of sp³-hybridized carbons (Fsp3) is 0. The Kier molecular flexibility index (Phi) is 1.38. The molecule has 0 saturated carbocycles. The highest BCUT2D eigenvalue weighted by molar-refractivity contribution is 9.10. The average Bonchev–Trinajstić information content (AvgIpc) is 1.64. The van der Waals surface area contributed by atoms with Crippen LogP contribution in [0, 0.1) is 6.33 Å². The summed E-state index contributed by atoms with van der Waals surface area (Å²) in [7, 11) is 0. The Labute approximate surface area is 54.3 Å². The molecule has 0 unspecified atom stereocenters. The van der Waals surface area contributed by atoms with E-state index in [-0.39, 0.29) is 5.95 Å². The van der Waals surface area contributed by atoms with Crippen molar-refractivity contribution < 1.29 is 0 Å². The molecule has 1 radical (unpaired) electrons. The number of nitrogens with two attached hydrogens (primary N) is 1. The second-order valence-electron chi connectivity index (χ2n) is 1.06. The number of halogens is 1. The molecule has 0 atom stereocenters. The molecule has 1 rings (SSSR count). The molecule has 0 fully saturated rings. The first kappa shape index (κ1) is 5.43. The number of anilines is 1. The number of rotatable bonds is 0. The first-order valence-corrected chi connectivity index (χ1v) is 2.61. The Morgan fingerprint density at radius 3 is 2.62 bits per heavy atom. The number of nitrogen functional groups attached to an aromatic ring is 1. The molecule has 2 N–H and O–H groups in total. The molecule has 41 valence electrons. The van der Waals surface area contributed by atoms with Crippen LogP contribution >= 0.6 is 15.9 Å². The molecule has 1 aromatic heterocycles. The maximum atomic E-state index is 5.14. The summed E-state index contributed by atoms with van der Waals surface area (Å²) in [5.74, 6) is 0.173. The maximum Gasteiger partial charge on any atom is 0.224 e. The molecule has 0 aliphatic heterocycles. The van der Waals surface area contributed by atoms with Gasteiger partial charge in [-0.1, -0.05) is 0 Å². The van der Waals surface area contributed by atoms with Gasteiger partial charge in [-0.15, -0.1) is 0 Å². The van der Waals surface area contributed by atoms with Crippen molar-refractivity contribution in [2.24, 2.45) is 0 Å². The van der Waals surface area contributed by atoms with Gasteiger partial charge in [0, 0.05) is 0 Å². The minimum Gasteiger partial charge on any atom is -0.368 e. The van der Waals surface area contributed by atoms with Gasteiger partial charge in [-0.05, 0) is 15.9 Å². The van der Waals surface area contributed by atoms with E-state index >= 15 is 0 Å². The van der Waals surface area contributed by atoms with E-state index in [1.165, 1.54) is 0 Å². The molecule has 0 saturated heterocycles. The van der Waals surface area contributed by atoms with Crippen molar-refractivity contribution in [3.8, 4) is 0 Å². The zero-order chi connectivity index (χ0) is 5.98. The summed E-state index contributed by atoms with van der Waals surface area (Å²) in [6.45, 7) is 0. The smallest absolute Gasteiger partial charge is 0.224 e. The predicted octanol–water partition coefficient (Wildman–Crippen LogP) is 0.0165. The SMILES string of the molecule is Nc1n[c]nc(Br)n1. The van der Waals surface area contributed by atoms with Crippen molar-refractivity contribution >= 4 is 21.9 Å². The lowest BCUT2D eigenvalue weighted by Gasteiger charge is -1.85. The van der Waals surface area contributed by atoms with Gasteiger partial charge in [0.15, 0.2) is 0 Å². The van der Waals surface area contributed by atoms with Crippen molar-refractivity contribution in [3.05, 3.63) is 11.1 Å². The van der Waals surface area contributed by atoms with Crippen LogP contribution in [0.15, 0.2) is 4.73 Å². The van der Waals surface area contributed by atoms with Crippen molar-refractivity contribution in [2.75, 3.05) is 5.73 Å². The summed E-state index contributed by atoms with van der Waals surface area (Å²) < 4.78 is 0.407. The minimum atomic E-state index is 0.173. The highest BCUT2D eigenvalue weighted by Gasteiger charge is 1.88. The summed E-state index contributed by atoms with van der Waals surface area (Å²) in [5.41, 5.74) is 5.14. The van der Waals surface area contributed by atoms with E-state index in [0.717, 1.165) is 0 Å². The largest absolute Gasteiger partial charge is 0.368 e. The molecule has 5 heteroatoms. The first-order valence-electron chi connectivity index (χ1n) is 1.82. The van der Waals surface area contributed by atoms with Crippen LogP contribution < -0.4 is 5.73 Å². The standard InChI is InChI=1S/C3H2BrN4/c4-2-6-1-7-3(5)8-2/h(H2,5,6,7,8). The van der Waals surface area contributed by atoms with Crippen LogP contribution in [0.25, 0.3) is 0 Å². The second kappa shape index (κ2) is 2.04. The zero-order valence-corrected chi connectivity index (χ0v) is 5.38. The summed E-state index contributed by atoms with van der Waals surface area (Å²) in [5, 5.41) is 0. The first-order chi connectivity index (χ1) is 3.79. The van der Waals surface area contributed by atoms with Gasteiger partial charge in [0.1, 0.15) is 0 Å². The van der Waals surface area contributed by atoms with Crippen LogP contribution in [0.5, 0.6) is 0 Å². The topological polar surface area (TPSA) is 64.7 Å². The van der Waals surface area contributed by atoms with Crippen molar-refractivity contribution in [3.63, 3.8) is 0 Å². The zero-order valence-electron chi connectivity index (χ0n) is 3.80. The normalized spacial score (nSPS) is 9.12. The third-order valence-corrected chi connectivity index (χ3v) is 0.868. The molecule has 8 heavy (non-hydrogen) atoms. The van der Waals surface area contributed by atoms with E-state index in [2.05, 4.69) is 37.2 Å². The van der Waals surface area contributed by atoms with E-state index in [9.17, 15) is 0 Å². The molecule has 0 amide bonds. The van der Waals surface area contributed by atoms with Gasteiger partial charge in [-0.25, -0.2) is 0 Å². The number of aromatic nitrogens is 3. The van der Waals surface area contributed by atoms with Crippen molar-refractivity contribution in [1.29, 1.82) is 0 Å². The molecule has 1 aromatic rings. The molecule has 4 nitrogen and oxygen atoms in total. The summed E-state index contributed by atoms with van der Waals surface area (Å²) in [6.07, 6.45) is 2.29. The molecule has 0 aliphatic carbocycles. The molecular formula is C3H2BrN4. The highest BCUT2D eigenvalue weighted by Crippen LogP contribution is 1.97. The lowest BCUT2D eigenvalue weighted by atomic mass is 11.0.